The van der Waals surface area contributed by atoms with E-state index in [4.69, 9.17) is 4.52 Å². The highest BCUT2D eigenvalue weighted by molar-refractivity contribution is 7.15. The Hall–Kier alpha value is -2.06. The lowest BCUT2D eigenvalue weighted by Gasteiger charge is -2.18. The molecule has 8 heteroatoms. The summed E-state index contributed by atoms with van der Waals surface area (Å²) >= 11 is 1.47. The van der Waals surface area contributed by atoms with Crippen molar-refractivity contribution in [3.05, 3.63) is 44.9 Å². The highest BCUT2D eigenvalue weighted by Gasteiger charge is 2.21. The van der Waals surface area contributed by atoms with E-state index in [0.29, 0.717) is 28.9 Å². The molecular formula is C15H19N5O2S. The summed E-state index contributed by atoms with van der Waals surface area (Å²) in [5.41, 5.74) is 1.56. The van der Waals surface area contributed by atoms with E-state index in [1.165, 1.54) is 11.3 Å². The SMILES string of the molecule is Cc1noc([C@@H](NCc2cc(=O)n3c(C)csc3n2)C(C)C)n1. The highest BCUT2D eigenvalue weighted by Crippen LogP contribution is 2.20. The van der Waals surface area contributed by atoms with Crippen LogP contribution in [-0.4, -0.2) is 19.5 Å². The Morgan fingerprint density at radius 3 is 2.78 bits per heavy atom. The molecule has 0 unspecified atom stereocenters. The summed E-state index contributed by atoms with van der Waals surface area (Å²) in [5.74, 6) is 1.44. The fourth-order valence-electron chi connectivity index (χ4n) is 2.45. The first kappa shape index (κ1) is 15.8. The third-order valence-electron chi connectivity index (χ3n) is 3.61. The van der Waals surface area contributed by atoms with E-state index in [2.05, 4.69) is 34.3 Å². The molecule has 23 heavy (non-hydrogen) atoms. The van der Waals surface area contributed by atoms with Gasteiger partial charge in [0.25, 0.3) is 5.56 Å². The molecule has 122 valence electrons. The molecule has 1 atom stereocenters. The predicted molar refractivity (Wildman–Crippen MR) is 87.5 cm³/mol. The lowest BCUT2D eigenvalue weighted by molar-refractivity contribution is 0.286. The number of thiazole rings is 1. The van der Waals surface area contributed by atoms with Crippen LogP contribution in [-0.2, 0) is 6.54 Å². The van der Waals surface area contributed by atoms with Crippen molar-refractivity contribution in [2.24, 2.45) is 5.92 Å². The van der Waals surface area contributed by atoms with Crippen molar-refractivity contribution < 1.29 is 4.52 Å². The molecule has 0 aliphatic heterocycles. The molecule has 7 nitrogen and oxygen atoms in total. The van der Waals surface area contributed by atoms with Crippen LogP contribution >= 0.6 is 11.3 Å². The zero-order chi connectivity index (χ0) is 16.6. The molecule has 0 amide bonds. The van der Waals surface area contributed by atoms with Crippen LogP contribution in [0.4, 0.5) is 0 Å². The number of hydrogen-bond acceptors (Lipinski definition) is 7. The van der Waals surface area contributed by atoms with Crippen LogP contribution < -0.4 is 10.9 Å². The van der Waals surface area contributed by atoms with E-state index in [9.17, 15) is 4.79 Å². The first-order valence-corrected chi connectivity index (χ1v) is 8.34. The van der Waals surface area contributed by atoms with Gasteiger partial charge in [0, 0.05) is 23.7 Å². The predicted octanol–water partition coefficient (Wildman–Crippen LogP) is 2.24. The molecule has 0 saturated carbocycles. The molecule has 0 aromatic carbocycles. The van der Waals surface area contributed by atoms with E-state index < -0.39 is 0 Å². The monoisotopic (exact) mass is 333 g/mol. The van der Waals surface area contributed by atoms with Gasteiger partial charge in [-0.25, -0.2) is 4.98 Å². The van der Waals surface area contributed by atoms with E-state index in [-0.39, 0.29) is 17.5 Å². The first-order chi connectivity index (χ1) is 11.0. The van der Waals surface area contributed by atoms with Crippen molar-refractivity contribution in [1.82, 2.24) is 24.8 Å². The maximum absolute atomic E-state index is 12.2. The molecule has 3 aromatic rings. The van der Waals surface area contributed by atoms with Crippen molar-refractivity contribution in [3.63, 3.8) is 0 Å². The fraction of sp³-hybridized carbons (Fsp3) is 0.467. The second-order valence-electron chi connectivity index (χ2n) is 5.86. The van der Waals surface area contributed by atoms with Crippen molar-refractivity contribution in [3.8, 4) is 0 Å². The zero-order valence-corrected chi connectivity index (χ0v) is 14.3. The molecule has 0 fully saturated rings. The number of hydrogen-bond donors (Lipinski definition) is 1. The maximum atomic E-state index is 12.2. The van der Waals surface area contributed by atoms with Gasteiger partial charge in [0.15, 0.2) is 10.8 Å². The molecule has 3 aromatic heterocycles. The zero-order valence-electron chi connectivity index (χ0n) is 13.5. The molecule has 0 aliphatic carbocycles. The maximum Gasteiger partial charge on any atom is 0.259 e. The van der Waals surface area contributed by atoms with Crippen molar-refractivity contribution in [2.45, 2.75) is 40.3 Å². The van der Waals surface area contributed by atoms with Crippen LogP contribution in [0.3, 0.4) is 0 Å². The summed E-state index contributed by atoms with van der Waals surface area (Å²) in [7, 11) is 0. The lowest BCUT2D eigenvalue weighted by Crippen LogP contribution is -2.27. The van der Waals surface area contributed by atoms with E-state index in [0.717, 1.165) is 5.69 Å². The summed E-state index contributed by atoms with van der Waals surface area (Å²) < 4.78 is 6.89. The van der Waals surface area contributed by atoms with Gasteiger partial charge in [-0.05, 0) is 19.8 Å². The average Bonchev–Trinajstić information content (AvgIpc) is 3.06. The number of aromatic nitrogens is 4. The van der Waals surface area contributed by atoms with Crippen molar-refractivity contribution in [2.75, 3.05) is 0 Å². The molecule has 0 saturated heterocycles. The number of nitrogens with one attached hydrogen (secondary N) is 1. The van der Waals surface area contributed by atoms with E-state index in [1.807, 2.05) is 12.3 Å². The Labute approximate surface area is 137 Å². The molecule has 0 spiro atoms. The van der Waals surface area contributed by atoms with E-state index >= 15 is 0 Å². The van der Waals surface area contributed by atoms with Crippen LogP contribution in [0.2, 0.25) is 0 Å². The quantitative estimate of drug-likeness (QED) is 0.771. The molecular weight excluding hydrogens is 314 g/mol. The van der Waals surface area contributed by atoms with Gasteiger partial charge < -0.3 is 4.52 Å². The Kier molecular flexibility index (Phi) is 4.27. The topological polar surface area (TPSA) is 85.3 Å². The van der Waals surface area contributed by atoms with Gasteiger partial charge in [-0.15, -0.1) is 11.3 Å². The molecule has 0 aliphatic rings. The Bertz CT molecular complexity index is 880. The highest BCUT2D eigenvalue weighted by atomic mass is 32.1. The van der Waals surface area contributed by atoms with Crippen LogP contribution in [0.1, 0.15) is 43.0 Å². The molecule has 0 bridgehead atoms. The summed E-state index contributed by atoms with van der Waals surface area (Å²) in [6.45, 7) is 8.31. The van der Waals surface area contributed by atoms with Gasteiger partial charge in [0.05, 0.1) is 11.7 Å². The standard InChI is InChI=1S/C15H19N5O2S/c1-8(2)13(14-17-10(4)19-22-14)16-6-11-5-12(21)20-9(3)7-23-15(20)18-11/h5,7-8,13,16H,6H2,1-4H3/t13-/m0/s1. The largest absolute Gasteiger partial charge is 0.338 e. The number of rotatable bonds is 5. The Morgan fingerprint density at radius 2 is 2.13 bits per heavy atom. The Morgan fingerprint density at radius 1 is 1.35 bits per heavy atom. The number of aryl methyl sites for hydroxylation is 2. The van der Waals surface area contributed by atoms with E-state index in [1.54, 1.807) is 17.4 Å². The van der Waals surface area contributed by atoms with Crippen LogP contribution in [0.5, 0.6) is 0 Å². The van der Waals surface area contributed by atoms with Gasteiger partial charge in [0.2, 0.25) is 5.89 Å². The summed E-state index contributed by atoms with van der Waals surface area (Å²) in [6.07, 6.45) is 0. The van der Waals surface area contributed by atoms with Gasteiger partial charge in [-0.1, -0.05) is 19.0 Å². The average molecular weight is 333 g/mol. The molecule has 0 radical (unpaired) electrons. The summed E-state index contributed by atoms with van der Waals surface area (Å²) in [6, 6.07) is 1.48. The van der Waals surface area contributed by atoms with Gasteiger partial charge >= 0.3 is 0 Å². The van der Waals surface area contributed by atoms with Gasteiger partial charge in [-0.2, -0.15) is 4.98 Å². The number of nitrogens with zero attached hydrogens (tertiary/aromatic N) is 4. The molecule has 3 rings (SSSR count). The summed E-state index contributed by atoms with van der Waals surface area (Å²) in [5, 5.41) is 9.13. The minimum atomic E-state index is -0.0819. The van der Waals surface area contributed by atoms with Crippen LogP contribution in [0.25, 0.3) is 4.96 Å². The second kappa shape index (κ2) is 6.21. The minimum absolute atomic E-state index is 0.0553. The van der Waals surface area contributed by atoms with Gasteiger partial charge in [0.1, 0.15) is 0 Å². The molecule has 1 N–H and O–H groups in total. The third kappa shape index (κ3) is 3.18. The molecule has 3 heterocycles. The normalized spacial score (nSPS) is 13.1. The first-order valence-electron chi connectivity index (χ1n) is 7.46. The third-order valence-corrected chi connectivity index (χ3v) is 4.55. The Balaban J connectivity index is 1.82. The van der Waals surface area contributed by atoms with Crippen molar-refractivity contribution in [1.29, 1.82) is 0 Å². The van der Waals surface area contributed by atoms with Crippen LogP contribution in [0.15, 0.2) is 20.8 Å². The van der Waals surface area contributed by atoms with Crippen molar-refractivity contribution >= 4 is 16.3 Å². The lowest BCUT2D eigenvalue weighted by atomic mass is 10.0. The summed E-state index contributed by atoms with van der Waals surface area (Å²) in [4.78, 5) is 21.7. The van der Waals surface area contributed by atoms with Gasteiger partial charge in [-0.3, -0.25) is 14.5 Å². The fourth-order valence-corrected chi connectivity index (χ4v) is 3.34. The van der Waals surface area contributed by atoms with Crippen LogP contribution in [0, 0.1) is 19.8 Å². The smallest absolute Gasteiger partial charge is 0.259 e. The minimum Gasteiger partial charge on any atom is -0.338 e. The number of fused-ring (bicyclic) bond motifs is 1. The second-order valence-corrected chi connectivity index (χ2v) is 6.70.